The Morgan fingerprint density at radius 2 is 1.76 bits per heavy atom. The first-order valence-corrected chi connectivity index (χ1v) is 7.40. The van der Waals surface area contributed by atoms with E-state index in [4.69, 9.17) is 9.47 Å². The minimum Gasteiger partial charge on any atom is -0.504 e. The molecule has 3 rings (SSSR count). The number of ether oxygens (including phenoxy) is 2. The van der Waals surface area contributed by atoms with Gasteiger partial charge in [-0.2, -0.15) is 0 Å². The third-order valence-electron chi connectivity index (χ3n) is 3.56. The Kier molecular flexibility index (Phi) is 4.65. The van der Waals surface area contributed by atoms with Crippen molar-refractivity contribution in [2.45, 2.75) is 0 Å². The highest BCUT2D eigenvalue weighted by atomic mass is 19.1. The average Bonchev–Trinajstić information content (AvgIpc) is 2.62. The molecule has 0 atom stereocenters. The van der Waals surface area contributed by atoms with Crippen LogP contribution in [0.1, 0.15) is 0 Å². The Bertz CT molecular complexity index is 902. The number of aromatic hydroxyl groups is 1. The molecule has 0 aliphatic heterocycles. The maximum Gasteiger partial charge on any atom is 0.160 e. The predicted octanol–water partition coefficient (Wildman–Crippen LogP) is 3.75. The van der Waals surface area contributed by atoms with E-state index >= 15 is 0 Å². The van der Waals surface area contributed by atoms with Crippen molar-refractivity contribution in [3.05, 3.63) is 54.6 Å². The summed E-state index contributed by atoms with van der Waals surface area (Å²) in [5, 5.41) is 12.9. The van der Waals surface area contributed by atoms with Gasteiger partial charge in [0.2, 0.25) is 0 Å². The van der Waals surface area contributed by atoms with Gasteiger partial charge < -0.3 is 19.9 Å². The number of anilines is 2. The van der Waals surface area contributed by atoms with Crippen LogP contribution in [0.3, 0.4) is 0 Å². The normalized spacial score (nSPS) is 10.4. The highest BCUT2D eigenvalue weighted by Crippen LogP contribution is 2.32. The lowest BCUT2D eigenvalue weighted by molar-refractivity contribution is 0.373. The first kappa shape index (κ1) is 16.5. The van der Waals surface area contributed by atoms with Crippen molar-refractivity contribution in [3.8, 4) is 28.5 Å². The third-order valence-corrected chi connectivity index (χ3v) is 3.56. The van der Waals surface area contributed by atoms with Crippen LogP contribution in [-0.4, -0.2) is 29.3 Å². The molecule has 2 aromatic carbocycles. The Hall–Kier alpha value is -3.35. The monoisotopic (exact) mass is 341 g/mol. The van der Waals surface area contributed by atoms with E-state index in [9.17, 15) is 9.50 Å². The molecule has 25 heavy (non-hydrogen) atoms. The molecule has 0 spiro atoms. The zero-order chi connectivity index (χ0) is 17.8. The average molecular weight is 341 g/mol. The minimum atomic E-state index is -0.387. The molecule has 0 saturated heterocycles. The van der Waals surface area contributed by atoms with E-state index in [1.165, 1.54) is 38.7 Å². The molecular weight excluding hydrogens is 325 g/mol. The predicted molar refractivity (Wildman–Crippen MR) is 91.9 cm³/mol. The fraction of sp³-hybridized carbons (Fsp3) is 0.111. The summed E-state index contributed by atoms with van der Waals surface area (Å²) in [5.74, 6) is 0.904. The molecule has 0 radical (unpaired) electrons. The molecule has 0 bridgehead atoms. The number of nitrogens with zero attached hydrogens (tertiary/aromatic N) is 2. The van der Waals surface area contributed by atoms with Gasteiger partial charge in [0.1, 0.15) is 23.7 Å². The first-order valence-electron chi connectivity index (χ1n) is 7.40. The minimum absolute atomic E-state index is 0.0157. The Morgan fingerprint density at radius 3 is 2.48 bits per heavy atom. The molecule has 7 heteroatoms. The third kappa shape index (κ3) is 3.60. The maximum atomic E-state index is 13.4. The van der Waals surface area contributed by atoms with E-state index in [0.29, 0.717) is 34.3 Å². The molecular formula is C18H16FN3O3. The van der Waals surface area contributed by atoms with E-state index < -0.39 is 0 Å². The lowest BCUT2D eigenvalue weighted by atomic mass is 10.1. The summed E-state index contributed by atoms with van der Waals surface area (Å²) in [6, 6.07) is 10.9. The lowest BCUT2D eigenvalue weighted by Gasteiger charge is -2.11. The summed E-state index contributed by atoms with van der Waals surface area (Å²) in [6.07, 6.45) is 1.39. The molecule has 3 aromatic rings. The number of aromatic nitrogens is 2. The summed E-state index contributed by atoms with van der Waals surface area (Å²) in [5.41, 5.74) is 1.85. The molecule has 0 aliphatic carbocycles. The molecule has 0 fully saturated rings. The summed E-state index contributed by atoms with van der Waals surface area (Å²) in [6.45, 7) is 0. The van der Waals surface area contributed by atoms with Crippen molar-refractivity contribution in [3.63, 3.8) is 0 Å². The van der Waals surface area contributed by atoms with Crippen molar-refractivity contribution in [2.75, 3.05) is 19.5 Å². The van der Waals surface area contributed by atoms with Crippen molar-refractivity contribution in [1.82, 2.24) is 9.97 Å². The molecule has 1 aromatic heterocycles. The second-order valence-corrected chi connectivity index (χ2v) is 5.14. The van der Waals surface area contributed by atoms with E-state index in [-0.39, 0.29) is 11.6 Å². The second-order valence-electron chi connectivity index (χ2n) is 5.14. The number of hydrogen-bond acceptors (Lipinski definition) is 6. The van der Waals surface area contributed by atoms with Crippen LogP contribution in [0.2, 0.25) is 0 Å². The van der Waals surface area contributed by atoms with Crippen LogP contribution >= 0.6 is 0 Å². The zero-order valence-electron chi connectivity index (χ0n) is 13.7. The topological polar surface area (TPSA) is 76.5 Å². The van der Waals surface area contributed by atoms with Crippen LogP contribution < -0.4 is 14.8 Å². The highest BCUT2D eigenvalue weighted by molar-refractivity contribution is 5.71. The number of methoxy groups -OCH3 is 2. The number of nitrogens with one attached hydrogen (secondary N) is 1. The fourth-order valence-corrected chi connectivity index (χ4v) is 2.37. The first-order chi connectivity index (χ1) is 12.1. The van der Waals surface area contributed by atoms with Gasteiger partial charge in [-0.15, -0.1) is 0 Å². The number of benzene rings is 2. The number of phenols is 1. The van der Waals surface area contributed by atoms with Crippen molar-refractivity contribution in [2.24, 2.45) is 0 Å². The van der Waals surface area contributed by atoms with Gasteiger partial charge in [0.25, 0.3) is 0 Å². The van der Waals surface area contributed by atoms with E-state index in [1.807, 2.05) is 0 Å². The number of halogens is 1. The van der Waals surface area contributed by atoms with Gasteiger partial charge in [-0.3, -0.25) is 0 Å². The van der Waals surface area contributed by atoms with Crippen LogP contribution in [-0.2, 0) is 0 Å². The van der Waals surface area contributed by atoms with Crippen LogP contribution in [0, 0.1) is 5.82 Å². The van der Waals surface area contributed by atoms with Crippen LogP contribution in [0.15, 0.2) is 48.8 Å². The van der Waals surface area contributed by atoms with Crippen molar-refractivity contribution >= 4 is 11.5 Å². The number of hydrogen-bond donors (Lipinski definition) is 2. The molecule has 0 amide bonds. The number of rotatable bonds is 5. The van der Waals surface area contributed by atoms with Gasteiger partial charge in [-0.25, -0.2) is 14.4 Å². The largest absolute Gasteiger partial charge is 0.504 e. The zero-order valence-corrected chi connectivity index (χ0v) is 13.7. The Labute approximate surface area is 143 Å². The van der Waals surface area contributed by atoms with Gasteiger partial charge in [-0.05, 0) is 24.3 Å². The van der Waals surface area contributed by atoms with Gasteiger partial charge in [0.15, 0.2) is 11.5 Å². The van der Waals surface area contributed by atoms with Gasteiger partial charge in [0.05, 0.1) is 19.9 Å². The quantitative estimate of drug-likeness (QED) is 0.736. The fourth-order valence-electron chi connectivity index (χ4n) is 2.37. The molecule has 1 heterocycles. The van der Waals surface area contributed by atoms with Crippen molar-refractivity contribution < 1.29 is 19.0 Å². The SMILES string of the molecule is COc1ccc(Nc2cc(-c3ccc(F)cc3OC)ncn2)cc1O. The molecule has 2 N–H and O–H groups in total. The van der Waals surface area contributed by atoms with E-state index in [2.05, 4.69) is 15.3 Å². The van der Waals surface area contributed by atoms with Gasteiger partial charge in [0, 0.05) is 29.4 Å². The highest BCUT2D eigenvalue weighted by Gasteiger charge is 2.10. The Morgan fingerprint density at radius 1 is 0.960 bits per heavy atom. The smallest absolute Gasteiger partial charge is 0.160 e. The van der Waals surface area contributed by atoms with Crippen LogP contribution in [0.4, 0.5) is 15.9 Å². The molecule has 6 nitrogen and oxygen atoms in total. The van der Waals surface area contributed by atoms with Gasteiger partial charge >= 0.3 is 0 Å². The molecule has 0 saturated carbocycles. The maximum absolute atomic E-state index is 13.4. The van der Waals surface area contributed by atoms with E-state index in [1.54, 1.807) is 24.3 Å². The Balaban J connectivity index is 1.91. The molecule has 0 aliphatic rings. The molecule has 0 unspecified atom stereocenters. The summed E-state index contributed by atoms with van der Waals surface area (Å²) < 4.78 is 23.6. The second kappa shape index (κ2) is 7.04. The number of phenolic OH excluding ortho intramolecular Hbond substituents is 1. The molecule has 128 valence electrons. The van der Waals surface area contributed by atoms with Crippen molar-refractivity contribution in [1.29, 1.82) is 0 Å². The standard InChI is InChI=1S/C18H16FN3O3/c1-24-16-6-4-12(8-15(16)23)22-18-9-14(20-10-21-18)13-5-3-11(19)7-17(13)25-2/h3-10,23H,1-2H3,(H,20,21,22). The lowest BCUT2D eigenvalue weighted by Crippen LogP contribution is -1.97. The summed E-state index contributed by atoms with van der Waals surface area (Å²) in [4.78, 5) is 8.37. The summed E-state index contributed by atoms with van der Waals surface area (Å²) >= 11 is 0. The van der Waals surface area contributed by atoms with Gasteiger partial charge in [-0.1, -0.05) is 0 Å². The van der Waals surface area contributed by atoms with Crippen LogP contribution in [0.25, 0.3) is 11.3 Å². The van der Waals surface area contributed by atoms with Crippen LogP contribution in [0.5, 0.6) is 17.2 Å². The van der Waals surface area contributed by atoms with E-state index in [0.717, 1.165) is 0 Å². The summed E-state index contributed by atoms with van der Waals surface area (Å²) in [7, 11) is 2.95.